The van der Waals surface area contributed by atoms with Crippen LogP contribution < -0.4 is 5.32 Å². The van der Waals surface area contributed by atoms with Gasteiger partial charge in [-0.2, -0.15) is 16.9 Å². The van der Waals surface area contributed by atoms with Crippen molar-refractivity contribution in [2.45, 2.75) is 19.4 Å². The van der Waals surface area contributed by atoms with Gasteiger partial charge >= 0.3 is 0 Å². The molecular weight excluding hydrogens is 266 g/mol. The maximum absolute atomic E-state index is 4.24. The molecule has 1 saturated heterocycles. The molecule has 0 bridgehead atoms. The van der Waals surface area contributed by atoms with Crippen LogP contribution >= 0.6 is 11.8 Å². The fourth-order valence-corrected chi connectivity index (χ4v) is 3.76. The highest BCUT2D eigenvalue weighted by atomic mass is 32.2. The molecule has 3 rings (SSSR count). The average Bonchev–Trinajstić information content (AvgIpc) is 3.03. The minimum Gasteiger partial charge on any atom is -0.312 e. The molecule has 1 aliphatic heterocycles. The van der Waals surface area contributed by atoms with Gasteiger partial charge in [0.2, 0.25) is 0 Å². The van der Waals surface area contributed by atoms with Gasteiger partial charge in [-0.25, -0.2) is 4.68 Å². The Hall–Kier alpha value is -1.26. The molecule has 106 valence electrons. The van der Waals surface area contributed by atoms with Crippen molar-refractivity contribution in [2.24, 2.45) is 5.92 Å². The highest BCUT2D eigenvalue weighted by Crippen LogP contribution is 2.21. The number of hydrogen-bond donors (Lipinski definition) is 1. The Labute approximate surface area is 124 Å². The van der Waals surface area contributed by atoms with Gasteiger partial charge in [0, 0.05) is 18.9 Å². The van der Waals surface area contributed by atoms with Crippen molar-refractivity contribution in [1.29, 1.82) is 0 Å². The first-order valence-electron chi connectivity index (χ1n) is 7.29. The summed E-state index contributed by atoms with van der Waals surface area (Å²) in [4.78, 5) is 0. The number of rotatable bonds is 5. The van der Waals surface area contributed by atoms with Crippen LogP contribution in [0.4, 0.5) is 0 Å². The van der Waals surface area contributed by atoms with E-state index in [2.05, 4.69) is 46.4 Å². The zero-order valence-corrected chi connectivity index (χ0v) is 12.5. The number of hydrogen-bond acceptors (Lipinski definition) is 3. The number of nitrogens with one attached hydrogen (secondary N) is 1. The lowest BCUT2D eigenvalue weighted by atomic mass is 10.0. The Kier molecular flexibility index (Phi) is 4.77. The lowest BCUT2D eigenvalue weighted by Gasteiger charge is -2.21. The molecular formula is C16H21N3S. The van der Waals surface area contributed by atoms with E-state index in [1.165, 1.54) is 29.9 Å². The standard InChI is InChI=1S/C16H21N3S/c1-8-18-19(9-1)16-4-2-14(3-5-16)12-17-13-15-6-10-20-11-7-15/h1-5,8-9,15,17H,6-7,10-13H2. The van der Waals surface area contributed by atoms with Gasteiger partial charge in [0.1, 0.15) is 0 Å². The number of nitrogens with zero attached hydrogens (tertiary/aromatic N) is 2. The molecule has 0 aliphatic carbocycles. The van der Waals surface area contributed by atoms with E-state index >= 15 is 0 Å². The van der Waals surface area contributed by atoms with Gasteiger partial charge in [-0.15, -0.1) is 0 Å². The van der Waals surface area contributed by atoms with Crippen LogP contribution in [0.1, 0.15) is 18.4 Å². The van der Waals surface area contributed by atoms with Crippen molar-refractivity contribution in [3.8, 4) is 5.69 Å². The van der Waals surface area contributed by atoms with Crippen LogP contribution in [-0.4, -0.2) is 27.8 Å². The van der Waals surface area contributed by atoms with E-state index in [4.69, 9.17) is 0 Å². The lowest BCUT2D eigenvalue weighted by Crippen LogP contribution is -2.25. The van der Waals surface area contributed by atoms with Crippen LogP contribution in [0.25, 0.3) is 5.69 Å². The molecule has 20 heavy (non-hydrogen) atoms. The Morgan fingerprint density at radius 2 is 2.00 bits per heavy atom. The molecule has 0 amide bonds. The number of aromatic nitrogens is 2. The lowest BCUT2D eigenvalue weighted by molar-refractivity contribution is 0.447. The first kappa shape index (κ1) is 13.7. The topological polar surface area (TPSA) is 29.9 Å². The molecule has 0 radical (unpaired) electrons. The van der Waals surface area contributed by atoms with Crippen molar-refractivity contribution < 1.29 is 0 Å². The first-order chi connectivity index (χ1) is 9.92. The molecule has 0 atom stereocenters. The van der Waals surface area contributed by atoms with E-state index in [0.29, 0.717) is 0 Å². The molecule has 0 spiro atoms. The maximum atomic E-state index is 4.24. The summed E-state index contributed by atoms with van der Waals surface area (Å²) >= 11 is 2.09. The zero-order valence-electron chi connectivity index (χ0n) is 11.7. The van der Waals surface area contributed by atoms with Crippen LogP contribution in [0.5, 0.6) is 0 Å². The number of thioether (sulfide) groups is 1. The molecule has 1 aromatic carbocycles. The largest absolute Gasteiger partial charge is 0.312 e. The van der Waals surface area contributed by atoms with Gasteiger partial charge in [-0.05, 0) is 60.6 Å². The van der Waals surface area contributed by atoms with Crippen LogP contribution in [0.15, 0.2) is 42.7 Å². The summed E-state index contributed by atoms with van der Waals surface area (Å²) in [5.74, 6) is 3.55. The normalized spacial score (nSPS) is 16.4. The Morgan fingerprint density at radius 1 is 1.20 bits per heavy atom. The number of benzene rings is 1. The molecule has 1 aromatic heterocycles. The summed E-state index contributed by atoms with van der Waals surface area (Å²) in [5, 5.41) is 7.83. The van der Waals surface area contributed by atoms with E-state index in [0.717, 1.165) is 24.7 Å². The van der Waals surface area contributed by atoms with E-state index in [9.17, 15) is 0 Å². The molecule has 1 aliphatic rings. The van der Waals surface area contributed by atoms with Gasteiger partial charge in [-0.1, -0.05) is 12.1 Å². The monoisotopic (exact) mass is 287 g/mol. The van der Waals surface area contributed by atoms with Crippen molar-refractivity contribution >= 4 is 11.8 Å². The highest BCUT2D eigenvalue weighted by Gasteiger charge is 2.12. The third-order valence-corrected chi connectivity index (χ3v) is 4.86. The minimum absolute atomic E-state index is 0.875. The van der Waals surface area contributed by atoms with Crippen molar-refractivity contribution in [3.63, 3.8) is 0 Å². The van der Waals surface area contributed by atoms with Crippen molar-refractivity contribution in [1.82, 2.24) is 15.1 Å². The molecule has 2 heterocycles. The molecule has 4 heteroatoms. The first-order valence-corrected chi connectivity index (χ1v) is 8.45. The molecule has 2 aromatic rings. The van der Waals surface area contributed by atoms with Gasteiger partial charge < -0.3 is 5.32 Å². The van der Waals surface area contributed by atoms with Crippen LogP contribution in [0.3, 0.4) is 0 Å². The molecule has 3 nitrogen and oxygen atoms in total. The van der Waals surface area contributed by atoms with E-state index in [1.54, 1.807) is 6.20 Å². The smallest absolute Gasteiger partial charge is 0.0645 e. The third-order valence-electron chi connectivity index (χ3n) is 3.81. The summed E-state index contributed by atoms with van der Waals surface area (Å²) in [6.45, 7) is 2.12. The second-order valence-electron chi connectivity index (χ2n) is 5.30. The Bertz CT molecular complexity index is 501. The molecule has 0 saturated carbocycles. The van der Waals surface area contributed by atoms with Gasteiger partial charge in [-0.3, -0.25) is 0 Å². The van der Waals surface area contributed by atoms with Gasteiger partial charge in [0.05, 0.1) is 5.69 Å². The predicted octanol–water partition coefficient (Wildman–Crippen LogP) is 3.11. The van der Waals surface area contributed by atoms with E-state index in [1.807, 2.05) is 16.9 Å². The van der Waals surface area contributed by atoms with Crippen LogP contribution in [0.2, 0.25) is 0 Å². The summed E-state index contributed by atoms with van der Waals surface area (Å²) in [6.07, 6.45) is 6.51. The van der Waals surface area contributed by atoms with Gasteiger partial charge in [0.25, 0.3) is 0 Å². The van der Waals surface area contributed by atoms with Gasteiger partial charge in [0.15, 0.2) is 0 Å². The molecule has 1 fully saturated rings. The van der Waals surface area contributed by atoms with E-state index in [-0.39, 0.29) is 0 Å². The van der Waals surface area contributed by atoms with Crippen molar-refractivity contribution in [3.05, 3.63) is 48.3 Å². The summed E-state index contributed by atoms with van der Waals surface area (Å²) in [6, 6.07) is 10.6. The van der Waals surface area contributed by atoms with Crippen LogP contribution in [-0.2, 0) is 6.54 Å². The molecule has 0 unspecified atom stereocenters. The maximum Gasteiger partial charge on any atom is 0.0645 e. The summed E-state index contributed by atoms with van der Waals surface area (Å²) < 4.78 is 1.89. The fraction of sp³-hybridized carbons (Fsp3) is 0.438. The fourth-order valence-electron chi connectivity index (χ4n) is 2.56. The van der Waals surface area contributed by atoms with E-state index < -0.39 is 0 Å². The third kappa shape index (κ3) is 3.64. The average molecular weight is 287 g/mol. The predicted molar refractivity (Wildman–Crippen MR) is 85.3 cm³/mol. The highest BCUT2D eigenvalue weighted by molar-refractivity contribution is 7.99. The summed E-state index contributed by atoms with van der Waals surface area (Å²) in [5.41, 5.74) is 2.45. The summed E-state index contributed by atoms with van der Waals surface area (Å²) in [7, 11) is 0. The molecule has 1 N–H and O–H groups in total. The van der Waals surface area contributed by atoms with Crippen molar-refractivity contribution in [2.75, 3.05) is 18.1 Å². The Morgan fingerprint density at radius 3 is 2.70 bits per heavy atom. The second kappa shape index (κ2) is 6.95. The zero-order chi connectivity index (χ0) is 13.6. The Balaban J connectivity index is 1.48. The SMILES string of the molecule is c1cnn(-c2ccc(CNCC3CCSCC3)cc2)c1. The second-order valence-corrected chi connectivity index (χ2v) is 6.53. The minimum atomic E-state index is 0.875. The quantitative estimate of drug-likeness (QED) is 0.916. The van der Waals surface area contributed by atoms with Crippen LogP contribution in [0, 0.1) is 5.92 Å².